The van der Waals surface area contributed by atoms with Crippen molar-refractivity contribution in [3.8, 4) is 0 Å². The van der Waals surface area contributed by atoms with Crippen molar-refractivity contribution in [3.05, 3.63) is 81.9 Å². The van der Waals surface area contributed by atoms with Crippen LogP contribution in [-0.4, -0.2) is 9.52 Å². The molecule has 2 aliphatic rings. The predicted molar refractivity (Wildman–Crippen MR) is 119 cm³/mol. The van der Waals surface area contributed by atoms with Gasteiger partial charge < -0.3 is 0 Å². The molecule has 2 aromatic carbocycles. The SMILES string of the molecule is CC1=C(C)C(Br)([SiH2]C2(Br)C(C)=C(C)c3ccccc32)c2ccccc21.[Zr]. The normalized spacial score (nSPS) is 27.2. The molecule has 0 fully saturated rings. The van der Waals surface area contributed by atoms with Crippen molar-refractivity contribution in [1.82, 2.24) is 0 Å². The number of hydrogen-bond donors (Lipinski definition) is 0. The summed E-state index contributed by atoms with van der Waals surface area (Å²) in [7, 11) is -0.687. The maximum Gasteiger partial charge on any atom is 0.0817 e. The molecular formula is C22H22Br2SiZr. The van der Waals surface area contributed by atoms with Crippen LogP contribution in [0, 0.1) is 0 Å². The maximum atomic E-state index is 4.25. The van der Waals surface area contributed by atoms with Crippen molar-refractivity contribution in [2.45, 2.75) is 35.6 Å². The van der Waals surface area contributed by atoms with Crippen LogP contribution in [0.15, 0.2) is 59.7 Å². The smallest absolute Gasteiger partial charge is 0.0797 e. The van der Waals surface area contributed by atoms with Crippen molar-refractivity contribution in [2.24, 2.45) is 0 Å². The first-order chi connectivity index (χ1) is 11.8. The summed E-state index contributed by atoms with van der Waals surface area (Å²) in [6.45, 7) is 9.15. The Morgan fingerprint density at radius 1 is 0.654 bits per heavy atom. The number of alkyl halides is 2. The largest absolute Gasteiger partial charge is 0.0817 e. The van der Waals surface area contributed by atoms with E-state index in [1.165, 1.54) is 44.5 Å². The van der Waals surface area contributed by atoms with Crippen LogP contribution in [0.4, 0.5) is 0 Å². The number of allylic oxidation sites excluding steroid dienone is 4. The Bertz CT molecular complexity index is 885. The van der Waals surface area contributed by atoms with E-state index < -0.39 is 9.52 Å². The zero-order valence-electron chi connectivity index (χ0n) is 15.6. The minimum Gasteiger partial charge on any atom is -0.0797 e. The molecular weight excluding hydrogens is 543 g/mol. The van der Waals surface area contributed by atoms with Crippen molar-refractivity contribution in [1.29, 1.82) is 0 Å². The second-order valence-electron chi connectivity index (χ2n) is 7.37. The van der Waals surface area contributed by atoms with Gasteiger partial charge in [-0.3, -0.25) is 0 Å². The van der Waals surface area contributed by atoms with E-state index in [4.69, 9.17) is 0 Å². The summed E-state index contributed by atoms with van der Waals surface area (Å²) in [4.78, 5) is 0. The van der Waals surface area contributed by atoms with E-state index in [9.17, 15) is 0 Å². The van der Waals surface area contributed by atoms with Gasteiger partial charge in [0.1, 0.15) is 0 Å². The molecule has 0 saturated carbocycles. The van der Waals surface area contributed by atoms with Gasteiger partial charge in [-0.25, -0.2) is 0 Å². The summed E-state index contributed by atoms with van der Waals surface area (Å²) in [6, 6.07) is 17.8. The Morgan fingerprint density at radius 3 is 1.38 bits per heavy atom. The predicted octanol–water partition coefficient (Wildman–Crippen LogP) is 6.26. The topological polar surface area (TPSA) is 0 Å². The molecule has 0 radical (unpaired) electrons. The maximum absolute atomic E-state index is 4.25. The number of hydrogen-bond acceptors (Lipinski definition) is 0. The first-order valence-electron chi connectivity index (χ1n) is 8.74. The average molecular weight is 566 g/mol. The van der Waals surface area contributed by atoms with Crippen molar-refractivity contribution < 1.29 is 26.2 Å². The van der Waals surface area contributed by atoms with E-state index in [2.05, 4.69) is 108 Å². The average Bonchev–Trinajstić information content (AvgIpc) is 2.93. The fourth-order valence-electron chi connectivity index (χ4n) is 4.51. The number of fused-ring (bicyclic) bond motifs is 2. The first kappa shape index (κ1) is 20.7. The van der Waals surface area contributed by atoms with Crippen LogP contribution >= 0.6 is 31.9 Å². The third-order valence-corrected chi connectivity index (χ3v) is 12.8. The van der Waals surface area contributed by atoms with E-state index in [-0.39, 0.29) is 34.1 Å². The molecule has 132 valence electrons. The molecule has 0 saturated heterocycles. The van der Waals surface area contributed by atoms with Crippen LogP contribution in [-0.2, 0) is 34.1 Å². The molecule has 0 heterocycles. The van der Waals surface area contributed by atoms with E-state index in [0.717, 1.165) is 0 Å². The van der Waals surface area contributed by atoms with Crippen LogP contribution in [0.25, 0.3) is 11.1 Å². The summed E-state index contributed by atoms with van der Waals surface area (Å²) in [5.74, 6) is 0. The molecule has 0 amide bonds. The summed E-state index contributed by atoms with van der Waals surface area (Å²) >= 11 is 8.49. The van der Waals surface area contributed by atoms with Crippen LogP contribution in [0.3, 0.4) is 0 Å². The molecule has 2 unspecified atom stereocenters. The minimum absolute atomic E-state index is 0. The summed E-state index contributed by atoms with van der Waals surface area (Å²) < 4.78 is -0.00760. The third kappa shape index (κ3) is 2.74. The van der Waals surface area contributed by atoms with E-state index in [1.807, 2.05) is 0 Å². The Hall–Kier alpha value is -0.0200. The van der Waals surface area contributed by atoms with Gasteiger partial charge in [-0.15, -0.1) is 0 Å². The summed E-state index contributed by atoms with van der Waals surface area (Å²) in [6.07, 6.45) is 0. The molecule has 4 rings (SSSR count). The van der Waals surface area contributed by atoms with Gasteiger partial charge in [0.25, 0.3) is 0 Å². The Labute approximate surface area is 194 Å². The molecule has 0 N–H and O–H groups in total. The molecule has 4 heteroatoms. The standard InChI is InChI=1S/C22H22Br2Si.Zr/c1-13-15(3)21(23,19-11-7-5-9-17(13)19)25-22(24)16(4)14(2)18-10-6-8-12-20(18)22;/h5-12H,25H2,1-4H3;. The van der Waals surface area contributed by atoms with Gasteiger partial charge in [0, 0.05) is 26.2 Å². The van der Waals surface area contributed by atoms with Gasteiger partial charge in [-0.05, 0) is 61.1 Å². The van der Waals surface area contributed by atoms with Gasteiger partial charge in [-0.1, -0.05) is 91.5 Å². The molecule has 2 atom stereocenters. The van der Waals surface area contributed by atoms with Gasteiger partial charge in [0.2, 0.25) is 0 Å². The van der Waals surface area contributed by atoms with E-state index in [1.54, 1.807) is 0 Å². The zero-order valence-corrected chi connectivity index (χ0v) is 22.6. The van der Waals surface area contributed by atoms with Gasteiger partial charge in [0.15, 0.2) is 0 Å². The van der Waals surface area contributed by atoms with Gasteiger partial charge in [0.05, 0.1) is 17.4 Å². The van der Waals surface area contributed by atoms with Crippen LogP contribution in [0.1, 0.15) is 49.9 Å². The molecule has 0 spiro atoms. The molecule has 26 heavy (non-hydrogen) atoms. The van der Waals surface area contributed by atoms with Crippen LogP contribution in [0.5, 0.6) is 0 Å². The van der Waals surface area contributed by atoms with Crippen molar-refractivity contribution in [2.75, 3.05) is 0 Å². The quantitative estimate of drug-likeness (QED) is 0.298. The number of halogens is 2. The monoisotopic (exact) mass is 562 g/mol. The first-order valence-corrected chi connectivity index (χ1v) is 11.7. The molecule has 0 nitrogen and oxygen atoms in total. The number of rotatable bonds is 2. The zero-order chi connectivity index (χ0) is 18.0. The Balaban J connectivity index is 0.00000196. The number of benzene rings is 2. The van der Waals surface area contributed by atoms with Crippen LogP contribution < -0.4 is 0 Å². The molecule has 0 aliphatic heterocycles. The summed E-state index contributed by atoms with van der Waals surface area (Å²) in [5.41, 5.74) is 11.5. The fourth-order valence-corrected chi connectivity index (χ4v) is 12.2. The van der Waals surface area contributed by atoms with Crippen molar-refractivity contribution in [3.63, 3.8) is 0 Å². The van der Waals surface area contributed by atoms with E-state index in [0.29, 0.717) is 0 Å². The second kappa shape index (κ2) is 7.10. The van der Waals surface area contributed by atoms with Crippen LogP contribution in [0.2, 0.25) is 0 Å². The van der Waals surface area contributed by atoms with Crippen molar-refractivity contribution >= 4 is 52.5 Å². The van der Waals surface area contributed by atoms with Gasteiger partial charge >= 0.3 is 0 Å². The molecule has 0 aromatic heterocycles. The Kier molecular flexibility index (Phi) is 5.65. The van der Waals surface area contributed by atoms with Gasteiger partial charge in [-0.2, -0.15) is 0 Å². The third-order valence-electron chi connectivity index (χ3n) is 6.32. The molecule has 0 bridgehead atoms. The van der Waals surface area contributed by atoms with E-state index >= 15 is 0 Å². The Morgan fingerprint density at radius 2 is 1.00 bits per heavy atom. The molecule has 2 aliphatic carbocycles. The summed E-state index contributed by atoms with van der Waals surface area (Å²) in [5, 5.41) is 0. The minimum atomic E-state index is -0.687. The fraction of sp³-hybridized carbons (Fsp3) is 0.273. The molecule has 2 aromatic rings. The second-order valence-corrected chi connectivity index (χ2v) is 14.6.